The van der Waals surface area contributed by atoms with E-state index in [2.05, 4.69) is 0 Å². The lowest BCUT2D eigenvalue weighted by atomic mass is 10.1. The Bertz CT molecular complexity index is 680. The number of carbonyl (C=O) groups is 2. The highest BCUT2D eigenvalue weighted by atomic mass is 16.4. The first-order valence-electron chi connectivity index (χ1n) is 6.44. The van der Waals surface area contributed by atoms with Gasteiger partial charge in [0.2, 0.25) is 0 Å². The fourth-order valence-electron chi connectivity index (χ4n) is 1.76. The summed E-state index contributed by atoms with van der Waals surface area (Å²) in [5.41, 5.74) is 2.32. The predicted molar refractivity (Wildman–Crippen MR) is 82.9 cm³/mol. The van der Waals surface area contributed by atoms with Crippen LogP contribution in [0.5, 0.6) is 0 Å². The van der Waals surface area contributed by atoms with E-state index in [-0.39, 0.29) is 5.78 Å². The van der Waals surface area contributed by atoms with Gasteiger partial charge in [-0.1, -0.05) is 60.7 Å². The van der Waals surface area contributed by atoms with E-state index in [4.69, 9.17) is 5.11 Å². The lowest BCUT2D eigenvalue weighted by Crippen LogP contribution is -1.92. The van der Waals surface area contributed by atoms with Gasteiger partial charge in [-0.15, -0.1) is 0 Å². The van der Waals surface area contributed by atoms with E-state index in [0.717, 1.165) is 17.2 Å². The molecule has 0 amide bonds. The minimum atomic E-state index is -0.979. The van der Waals surface area contributed by atoms with Gasteiger partial charge in [0.1, 0.15) is 0 Å². The molecular formula is C18H14O3. The van der Waals surface area contributed by atoms with Crippen molar-refractivity contribution in [3.63, 3.8) is 0 Å². The number of carboxylic acids is 1. The molecule has 0 fully saturated rings. The maximum atomic E-state index is 11.9. The van der Waals surface area contributed by atoms with Crippen molar-refractivity contribution in [2.75, 3.05) is 0 Å². The summed E-state index contributed by atoms with van der Waals surface area (Å²) in [6, 6.07) is 16.3. The third-order valence-corrected chi connectivity index (χ3v) is 2.84. The van der Waals surface area contributed by atoms with Gasteiger partial charge in [-0.05, 0) is 23.3 Å². The van der Waals surface area contributed by atoms with E-state index >= 15 is 0 Å². The molecule has 0 aliphatic rings. The van der Waals surface area contributed by atoms with Crippen molar-refractivity contribution in [1.29, 1.82) is 0 Å². The molecular weight excluding hydrogens is 264 g/mol. The summed E-state index contributed by atoms with van der Waals surface area (Å²) in [7, 11) is 0. The van der Waals surface area contributed by atoms with Crippen LogP contribution in [0.4, 0.5) is 0 Å². The summed E-state index contributed by atoms with van der Waals surface area (Å²) in [4.78, 5) is 22.3. The van der Waals surface area contributed by atoms with E-state index < -0.39 is 5.97 Å². The molecule has 0 heterocycles. The van der Waals surface area contributed by atoms with Crippen molar-refractivity contribution in [3.05, 3.63) is 83.4 Å². The van der Waals surface area contributed by atoms with Crippen LogP contribution in [0.1, 0.15) is 21.5 Å². The number of benzene rings is 2. The summed E-state index contributed by atoms with van der Waals surface area (Å²) in [5.74, 6) is -1.03. The molecule has 0 radical (unpaired) electrons. The fraction of sp³-hybridized carbons (Fsp3) is 0. The van der Waals surface area contributed by atoms with E-state index in [9.17, 15) is 9.59 Å². The molecule has 2 aromatic rings. The molecule has 0 saturated heterocycles. The van der Waals surface area contributed by atoms with Crippen LogP contribution in [-0.2, 0) is 4.79 Å². The second-order valence-electron chi connectivity index (χ2n) is 4.40. The van der Waals surface area contributed by atoms with Gasteiger partial charge in [0.15, 0.2) is 5.78 Å². The molecule has 2 rings (SSSR count). The zero-order valence-corrected chi connectivity index (χ0v) is 11.3. The van der Waals surface area contributed by atoms with E-state index in [1.54, 1.807) is 30.3 Å². The highest BCUT2D eigenvalue weighted by molar-refractivity contribution is 6.06. The molecule has 0 aliphatic carbocycles. The summed E-state index contributed by atoms with van der Waals surface area (Å²) < 4.78 is 0. The molecule has 3 nitrogen and oxygen atoms in total. The van der Waals surface area contributed by atoms with Crippen LogP contribution in [0.15, 0.2) is 66.7 Å². The van der Waals surface area contributed by atoms with Gasteiger partial charge < -0.3 is 5.11 Å². The summed E-state index contributed by atoms with van der Waals surface area (Å²) in [6.07, 6.45) is 5.87. The van der Waals surface area contributed by atoms with Gasteiger partial charge in [0.05, 0.1) is 0 Å². The van der Waals surface area contributed by atoms with Gasteiger partial charge in [0.25, 0.3) is 0 Å². The maximum Gasteiger partial charge on any atom is 0.328 e. The molecule has 2 aromatic carbocycles. The second kappa shape index (κ2) is 7.01. The van der Waals surface area contributed by atoms with Gasteiger partial charge >= 0.3 is 5.97 Å². The molecule has 0 unspecified atom stereocenters. The lowest BCUT2D eigenvalue weighted by Gasteiger charge is -1.97. The molecule has 0 aromatic heterocycles. The number of ketones is 1. The maximum absolute atomic E-state index is 11.9. The molecule has 3 heteroatoms. The highest BCUT2D eigenvalue weighted by Gasteiger charge is 1.99. The van der Waals surface area contributed by atoms with Crippen molar-refractivity contribution in [2.45, 2.75) is 0 Å². The second-order valence-corrected chi connectivity index (χ2v) is 4.40. The average molecular weight is 278 g/mol. The number of hydrogen-bond donors (Lipinski definition) is 1. The minimum Gasteiger partial charge on any atom is -0.478 e. The van der Waals surface area contributed by atoms with Crippen LogP contribution in [-0.4, -0.2) is 16.9 Å². The van der Waals surface area contributed by atoms with E-state index in [0.29, 0.717) is 5.56 Å². The largest absolute Gasteiger partial charge is 0.478 e. The quantitative estimate of drug-likeness (QED) is 0.670. The summed E-state index contributed by atoms with van der Waals surface area (Å²) in [5, 5.41) is 8.55. The van der Waals surface area contributed by atoms with Crippen molar-refractivity contribution in [2.24, 2.45) is 0 Å². The van der Waals surface area contributed by atoms with Crippen LogP contribution in [0.3, 0.4) is 0 Å². The Labute approximate surface area is 122 Å². The van der Waals surface area contributed by atoms with Crippen LogP contribution in [0.2, 0.25) is 0 Å². The molecule has 0 bridgehead atoms. The molecule has 21 heavy (non-hydrogen) atoms. The Morgan fingerprint density at radius 2 is 1.29 bits per heavy atom. The Balaban J connectivity index is 2.05. The zero-order valence-electron chi connectivity index (χ0n) is 11.3. The van der Waals surface area contributed by atoms with Crippen LogP contribution >= 0.6 is 0 Å². The number of rotatable bonds is 5. The third kappa shape index (κ3) is 4.58. The number of carboxylic acid groups (broad SMARTS) is 1. The van der Waals surface area contributed by atoms with Crippen LogP contribution < -0.4 is 0 Å². The first kappa shape index (κ1) is 14.5. The van der Waals surface area contributed by atoms with Crippen molar-refractivity contribution in [1.82, 2.24) is 0 Å². The number of hydrogen-bond acceptors (Lipinski definition) is 2. The molecule has 0 spiro atoms. The summed E-state index contributed by atoms with van der Waals surface area (Å²) >= 11 is 0. The smallest absolute Gasteiger partial charge is 0.328 e. The number of carbonyl (C=O) groups excluding carboxylic acids is 1. The van der Waals surface area contributed by atoms with Gasteiger partial charge in [0, 0.05) is 11.6 Å². The Morgan fingerprint density at radius 3 is 1.81 bits per heavy atom. The lowest BCUT2D eigenvalue weighted by molar-refractivity contribution is -0.131. The standard InChI is InChI=1S/C18H14O3/c19-17(16-4-2-1-3-5-16)12-10-14-6-8-15(9-7-14)11-13-18(20)21/h1-13H,(H,20,21)/b12-10+,13-11?. The Kier molecular flexibility index (Phi) is 4.83. The fourth-order valence-corrected chi connectivity index (χ4v) is 1.76. The topological polar surface area (TPSA) is 54.4 Å². The first-order chi connectivity index (χ1) is 10.1. The van der Waals surface area contributed by atoms with Gasteiger partial charge in [-0.3, -0.25) is 4.79 Å². The first-order valence-corrected chi connectivity index (χ1v) is 6.44. The number of allylic oxidation sites excluding steroid dienone is 1. The predicted octanol–water partition coefficient (Wildman–Crippen LogP) is 3.68. The highest BCUT2D eigenvalue weighted by Crippen LogP contribution is 2.09. The average Bonchev–Trinajstić information content (AvgIpc) is 2.52. The summed E-state index contributed by atoms with van der Waals surface area (Å²) in [6.45, 7) is 0. The van der Waals surface area contributed by atoms with Gasteiger partial charge in [-0.25, -0.2) is 4.79 Å². The molecule has 0 atom stereocenters. The van der Waals surface area contributed by atoms with Crippen molar-refractivity contribution < 1.29 is 14.7 Å². The Morgan fingerprint density at radius 1 is 0.762 bits per heavy atom. The third-order valence-electron chi connectivity index (χ3n) is 2.84. The zero-order chi connectivity index (χ0) is 15.1. The molecule has 0 saturated carbocycles. The molecule has 0 aliphatic heterocycles. The van der Waals surface area contributed by atoms with Crippen molar-refractivity contribution >= 4 is 23.9 Å². The van der Waals surface area contributed by atoms with E-state index in [1.165, 1.54) is 12.2 Å². The van der Waals surface area contributed by atoms with Crippen LogP contribution in [0.25, 0.3) is 12.2 Å². The van der Waals surface area contributed by atoms with E-state index in [1.807, 2.05) is 30.3 Å². The Hall–Kier alpha value is -2.94. The monoisotopic (exact) mass is 278 g/mol. The van der Waals surface area contributed by atoms with Crippen molar-refractivity contribution in [3.8, 4) is 0 Å². The number of aliphatic carboxylic acids is 1. The van der Waals surface area contributed by atoms with Crippen LogP contribution in [0, 0.1) is 0 Å². The minimum absolute atomic E-state index is 0.0505. The SMILES string of the molecule is O=C(O)C=Cc1ccc(/C=C/C(=O)c2ccccc2)cc1. The normalized spacial score (nSPS) is 11.0. The molecule has 104 valence electrons. The molecule has 1 N–H and O–H groups in total. The van der Waals surface area contributed by atoms with Gasteiger partial charge in [-0.2, -0.15) is 0 Å².